The summed E-state index contributed by atoms with van der Waals surface area (Å²) in [5, 5.41) is 7.40. The van der Waals surface area contributed by atoms with E-state index in [2.05, 4.69) is 10.5 Å². The van der Waals surface area contributed by atoms with Gasteiger partial charge in [-0.2, -0.15) is 0 Å². The normalized spacial score (nSPS) is 10.9. The molecule has 0 saturated carbocycles. The van der Waals surface area contributed by atoms with Crippen LogP contribution in [-0.2, 0) is 11.3 Å². The molecule has 0 radical (unpaired) electrons. The third-order valence-corrected chi connectivity index (χ3v) is 3.61. The van der Waals surface area contributed by atoms with Crippen molar-refractivity contribution >= 4 is 23.6 Å². The zero-order chi connectivity index (χ0) is 16.8. The second-order valence-corrected chi connectivity index (χ2v) is 5.59. The van der Waals surface area contributed by atoms with Crippen molar-refractivity contribution in [1.29, 1.82) is 0 Å². The Balaban J connectivity index is 1.56. The van der Waals surface area contributed by atoms with Gasteiger partial charge < -0.3 is 9.84 Å². The highest BCUT2D eigenvalue weighted by Crippen LogP contribution is 2.22. The van der Waals surface area contributed by atoms with Crippen LogP contribution >= 0.6 is 11.6 Å². The van der Waals surface area contributed by atoms with Crippen LogP contribution in [0.4, 0.5) is 0 Å². The summed E-state index contributed by atoms with van der Waals surface area (Å²) in [6.45, 7) is 0.301. The van der Waals surface area contributed by atoms with Crippen LogP contribution < -0.4 is 5.32 Å². The Labute approximate surface area is 144 Å². The van der Waals surface area contributed by atoms with Crippen LogP contribution in [0.2, 0.25) is 5.02 Å². The lowest BCUT2D eigenvalue weighted by atomic mass is 10.1. The number of hydrogen-bond donors (Lipinski definition) is 1. The van der Waals surface area contributed by atoms with Crippen LogP contribution in [0.5, 0.6) is 0 Å². The minimum absolute atomic E-state index is 0.185. The average Bonchev–Trinajstić information content (AvgIpc) is 3.09. The summed E-state index contributed by atoms with van der Waals surface area (Å²) in [4.78, 5) is 11.8. The second-order valence-electron chi connectivity index (χ2n) is 5.15. The van der Waals surface area contributed by atoms with E-state index in [1.165, 1.54) is 6.08 Å². The summed E-state index contributed by atoms with van der Waals surface area (Å²) < 4.78 is 5.29. The van der Waals surface area contributed by atoms with Crippen LogP contribution in [0, 0.1) is 0 Å². The number of nitrogens with one attached hydrogen (secondary N) is 1. The first-order valence-electron chi connectivity index (χ1n) is 7.43. The molecular weight excluding hydrogens is 324 g/mol. The summed E-state index contributed by atoms with van der Waals surface area (Å²) in [6, 6.07) is 18.7. The highest BCUT2D eigenvalue weighted by Gasteiger charge is 2.07. The van der Waals surface area contributed by atoms with Crippen LogP contribution in [0.3, 0.4) is 0 Å². The SMILES string of the molecule is O=C(/C=C\c1ccccc1)NCc1cc(-c2ccc(Cl)cc2)on1. The lowest BCUT2D eigenvalue weighted by Gasteiger charge is -1.97. The lowest BCUT2D eigenvalue weighted by molar-refractivity contribution is -0.116. The van der Waals surface area contributed by atoms with E-state index in [4.69, 9.17) is 16.1 Å². The zero-order valence-corrected chi connectivity index (χ0v) is 13.5. The van der Waals surface area contributed by atoms with Crippen LogP contribution in [0.25, 0.3) is 17.4 Å². The topological polar surface area (TPSA) is 55.1 Å². The monoisotopic (exact) mass is 338 g/mol. The fourth-order valence-corrected chi connectivity index (χ4v) is 2.24. The van der Waals surface area contributed by atoms with Crippen molar-refractivity contribution in [2.45, 2.75) is 6.54 Å². The second kappa shape index (κ2) is 7.62. The number of hydrogen-bond acceptors (Lipinski definition) is 3. The van der Waals surface area contributed by atoms with Crippen molar-refractivity contribution in [3.63, 3.8) is 0 Å². The molecule has 0 bridgehead atoms. The molecule has 2 aromatic carbocycles. The third kappa shape index (κ3) is 4.33. The fourth-order valence-electron chi connectivity index (χ4n) is 2.12. The summed E-state index contributed by atoms with van der Waals surface area (Å²) in [6.07, 6.45) is 3.26. The van der Waals surface area contributed by atoms with Crippen LogP contribution in [-0.4, -0.2) is 11.1 Å². The number of benzene rings is 2. The maximum atomic E-state index is 11.8. The highest BCUT2D eigenvalue weighted by molar-refractivity contribution is 6.30. The summed E-state index contributed by atoms with van der Waals surface area (Å²) in [5.74, 6) is 0.450. The summed E-state index contributed by atoms with van der Waals surface area (Å²) in [7, 11) is 0. The van der Waals surface area contributed by atoms with Gasteiger partial charge in [0.2, 0.25) is 5.91 Å². The van der Waals surface area contributed by atoms with E-state index in [1.54, 1.807) is 24.3 Å². The largest absolute Gasteiger partial charge is 0.356 e. The first-order chi connectivity index (χ1) is 11.7. The van der Waals surface area contributed by atoms with Gasteiger partial charge >= 0.3 is 0 Å². The Morgan fingerprint density at radius 3 is 2.62 bits per heavy atom. The Hall–Kier alpha value is -2.85. The number of aromatic nitrogens is 1. The van der Waals surface area contributed by atoms with Gasteiger partial charge in [-0.25, -0.2) is 0 Å². The van der Waals surface area contributed by atoms with E-state index >= 15 is 0 Å². The van der Waals surface area contributed by atoms with E-state index < -0.39 is 0 Å². The number of nitrogens with zero attached hydrogens (tertiary/aromatic N) is 1. The molecule has 1 N–H and O–H groups in total. The van der Waals surface area contributed by atoms with Gasteiger partial charge in [-0.3, -0.25) is 4.79 Å². The molecule has 3 rings (SSSR count). The average molecular weight is 339 g/mol. The predicted octanol–water partition coefficient (Wildman–Crippen LogP) is 4.32. The van der Waals surface area contributed by atoms with Gasteiger partial charge in [-0.05, 0) is 35.9 Å². The molecule has 0 unspecified atom stereocenters. The Morgan fingerprint density at radius 2 is 1.88 bits per heavy atom. The van der Waals surface area contributed by atoms with Gasteiger partial charge in [0, 0.05) is 22.7 Å². The van der Waals surface area contributed by atoms with Crippen molar-refractivity contribution in [1.82, 2.24) is 10.5 Å². The Kier molecular flexibility index (Phi) is 5.08. The molecule has 0 aliphatic carbocycles. The molecule has 120 valence electrons. The first kappa shape index (κ1) is 16.0. The van der Waals surface area contributed by atoms with E-state index in [0.29, 0.717) is 23.0 Å². The van der Waals surface area contributed by atoms with Gasteiger partial charge in [0.05, 0.1) is 6.54 Å². The molecule has 5 heteroatoms. The van der Waals surface area contributed by atoms with Crippen molar-refractivity contribution in [2.75, 3.05) is 0 Å². The minimum Gasteiger partial charge on any atom is -0.356 e. The van der Waals surface area contributed by atoms with Crippen molar-refractivity contribution in [2.24, 2.45) is 0 Å². The van der Waals surface area contributed by atoms with Gasteiger partial charge in [0.25, 0.3) is 0 Å². The minimum atomic E-state index is -0.185. The summed E-state index contributed by atoms with van der Waals surface area (Å²) >= 11 is 5.86. The molecule has 0 aliphatic rings. The van der Waals surface area contributed by atoms with Gasteiger partial charge in [-0.1, -0.05) is 47.1 Å². The Morgan fingerprint density at radius 1 is 1.12 bits per heavy atom. The fraction of sp³-hybridized carbons (Fsp3) is 0.0526. The van der Waals surface area contributed by atoms with E-state index in [-0.39, 0.29) is 5.91 Å². The molecular formula is C19H15ClN2O2. The smallest absolute Gasteiger partial charge is 0.244 e. The number of amides is 1. The van der Waals surface area contributed by atoms with Crippen molar-refractivity contribution in [3.05, 3.63) is 83.0 Å². The number of rotatable bonds is 5. The first-order valence-corrected chi connectivity index (χ1v) is 7.81. The molecule has 0 saturated heterocycles. The maximum Gasteiger partial charge on any atom is 0.244 e. The van der Waals surface area contributed by atoms with Gasteiger partial charge in [-0.15, -0.1) is 0 Å². The van der Waals surface area contributed by atoms with E-state index in [9.17, 15) is 4.79 Å². The van der Waals surface area contributed by atoms with Crippen LogP contribution in [0.1, 0.15) is 11.3 Å². The molecule has 0 atom stereocenters. The van der Waals surface area contributed by atoms with Gasteiger partial charge in [0.15, 0.2) is 5.76 Å². The number of carbonyl (C=O) groups excluding carboxylic acids is 1. The number of halogens is 1. The quantitative estimate of drug-likeness (QED) is 0.705. The standard InChI is InChI=1S/C19H15ClN2O2/c20-16-9-7-15(8-10-16)18-12-17(22-24-18)13-21-19(23)11-6-14-4-2-1-3-5-14/h1-12H,13H2,(H,21,23)/b11-6-. The predicted molar refractivity (Wildman–Crippen MR) is 94.3 cm³/mol. The molecule has 0 aliphatic heterocycles. The van der Waals surface area contributed by atoms with Gasteiger partial charge in [0.1, 0.15) is 5.69 Å². The van der Waals surface area contributed by atoms with E-state index in [0.717, 1.165) is 11.1 Å². The lowest BCUT2D eigenvalue weighted by Crippen LogP contribution is -2.20. The molecule has 4 nitrogen and oxygen atoms in total. The maximum absolute atomic E-state index is 11.8. The molecule has 1 amide bonds. The molecule has 3 aromatic rings. The molecule has 0 spiro atoms. The molecule has 0 fully saturated rings. The highest BCUT2D eigenvalue weighted by atomic mass is 35.5. The summed E-state index contributed by atoms with van der Waals surface area (Å²) in [5.41, 5.74) is 2.51. The van der Waals surface area contributed by atoms with Crippen molar-refractivity contribution in [3.8, 4) is 11.3 Å². The third-order valence-electron chi connectivity index (χ3n) is 3.36. The Bertz CT molecular complexity index is 839. The molecule has 1 aromatic heterocycles. The zero-order valence-electron chi connectivity index (χ0n) is 12.8. The van der Waals surface area contributed by atoms with Crippen LogP contribution in [0.15, 0.2) is 71.3 Å². The van der Waals surface area contributed by atoms with E-state index in [1.807, 2.05) is 42.5 Å². The molecule has 1 heterocycles. The van der Waals surface area contributed by atoms with Crippen molar-refractivity contribution < 1.29 is 9.32 Å². The number of carbonyl (C=O) groups is 1. The molecule has 24 heavy (non-hydrogen) atoms.